The van der Waals surface area contributed by atoms with Crippen LogP contribution in [0.25, 0.3) is 0 Å². The molecule has 1 aromatic rings. The van der Waals surface area contributed by atoms with Gasteiger partial charge in [-0.3, -0.25) is 0 Å². The maximum atomic E-state index is 10.6. The lowest BCUT2D eigenvalue weighted by Gasteiger charge is -2.29. The van der Waals surface area contributed by atoms with E-state index in [4.69, 9.17) is 9.47 Å². The molecule has 1 aromatic carbocycles. The Balaban J connectivity index is 2.91. The quantitative estimate of drug-likeness (QED) is 0.552. The van der Waals surface area contributed by atoms with Crippen molar-refractivity contribution in [3.63, 3.8) is 0 Å². The van der Waals surface area contributed by atoms with Crippen molar-refractivity contribution in [2.75, 3.05) is 13.7 Å². The molecular formula is C11H13O5P-2. The highest BCUT2D eigenvalue weighted by Crippen LogP contribution is 2.34. The molecule has 0 saturated heterocycles. The van der Waals surface area contributed by atoms with Gasteiger partial charge in [0, 0.05) is 6.16 Å². The number of methoxy groups -OCH3 is 1. The summed E-state index contributed by atoms with van der Waals surface area (Å²) in [6.45, 7) is 3.83. The molecule has 0 radical (unpaired) electrons. The molecule has 0 heterocycles. The van der Waals surface area contributed by atoms with Crippen LogP contribution in [0.4, 0.5) is 0 Å². The molecule has 0 N–H and O–H groups in total. The molecule has 0 fully saturated rings. The Morgan fingerprint density at radius 3 is 2.65 bits per heavy atom. The minimum Gasteiger partial charge on any atom is -0.810 e. The van der Waals surface area contributed by atoms with E-state index in [9.17, 15) is 14.4 Å². The van der Waals surface area contributed by atoms with E-state index in [1.165, 1.54) is 19.2 Å². The first kappa shape index (κ1) is 13.8. The molecule has 0 spiro atoms. The summed E-state index contributed by atoms with van der Waals surface area (Å²) in [5.74, 6) is 0.862. The Morgan fingerprint density at radius 2 is 2.12 bits per heavy atom. The summed E-state index contributed by atoms with van der Waals surface area (Å²) in [6.07, 6.45) is 1.04. The topological polar surface area (TPSA) is 81.7 Å². The summed E-state index contributed by atoms with van der Waals surface area (Å²) in [4.78, 5) is 21.3. The zero-order valence-electron chi connectivity index (χ0n) is 9.42. The van der Waals surface area contributed by atoms with Gasteiger partial charge in [0.2, 0.25) is 0 Å². The molecule has 0 aliphatic carbocycles. The molecule has 1 rings (SSSR count). The van der Waals surface area contributed by atoms with Crippen LogP contribution >= 0.6 is 7.60 Å². The van der Waals surface area contributed by atoms with Gasteiger partial charge in [0.15, 0.2) is 11.5 Å². The van der Waals surface area contributed by atoms with Crippen molar-refractivity contribution in [3.05, 3.63) is 36.4 Å². The van der Waals surface area contributed by atoms with Gasteiger partial charge < -0.3 is 23.8 Å². The molecule has 0 aromatic heterocycles. The number of ether oxygens (including phenoxy) is 2. The summed E-state index contributed by atoms with van der Waals surface area (Å²) in [5.41, 5.74) is 0.376. The van der Waals surface area contributed by atoms with E-state index in [1.54, 1.807) is 12.1 Å². The standard InChI is InChI=1S/C11H15O5P/c1-3-6-16-10-5-4-9(7-11(10)15-2)8-17(12,13)14/h3-5,7H,1,6,8H2,2H3,(H2,12,13,14)/p-2. The van der Waals surface area contributed by atoms with E-state index >= 15 is 0 Å². The van der Waals surface area contributed by atoms with Crippen LogP contribution < -0.4 is 19.3 Å². The Bertz CT molecular complexity index is 437. The molecular weight excluding hydrogens is 243 g/mol. The third kappa shape index (κ3) is 4.61. The van der Waals surface area contributed by atoms with E-state index in [-0.39, 0.29) is 0 Å². The number of hydrogen-bond acceptors (Lipinski definition) is 5. The molecule has 0 saturated carbocycles. The van der Waals surface area contributed by atoms with Gasteiger partial charge in [-0.25, -0.2) is 0 Å². The second-order valence-electron chi connectivity index (χ2n) is 3.35. The lowest BCUT2D eigenvalue weighted by Crippen LogP contribution is -2.15. The SMILES string of the molecule is C=CCOc1ccc(CP(=O)([O-])[O-])cc1OC. The van der Waals surface area contributed by atoms with E-state index in [0.717, 1.165) is 0 Å². The normalized spacial score (nSPS) is 11.0. The first-order valence-electron chi connectivity index (χ1n) is 4.88. The lowest BCUT2D eigenvalue weighted by atomic mass is 10.2. The molecule has 6 heteroatoms. The highest BCUT2D eigenvalue weighted by atomic mass is 31.2. The summed E-state index contributed by atoms with van der Waals surface area (Å²) in [6, 6.07) is 4.55. The molecule has 0 aliphatic rings. The van der Waals surface area contributed by atoms with Crippen molar-refractivity contribution in [2.45, 2.75) is 6.16 Å². The maximum Gasteiger partial charge on any atom is 0.161 e. The molecule has 0 bridgehead atoms. The zero-order valence-corrected chi connectivity index (χ0v) is 10.3. The van der Waals surface area contributed by atoms with Gasteiger partial charge in [-0.2, -0.15) is 0 Å². The average molecular weight is 256 g/mol. The third-order valence-electron chi connectivity index (χ3n) is 1.96. The van der Waals surface area contributed by atoms with Crippen molar-refractivity contribution in [2.24, 2.45) is 0 Å². The van der Waals surface area contributed by atoms with Crippen LogP contribution in [0.2, 0.25) is 0 Å². The van der Waals surface area contributed by atoms with Crippen molar-refractivity contribution in [1.82, 2.24) is 0 Å². The van der Waals surface area contributed by atoms with Crippen molar-refractivity contribution < 1.29 is 23.8 Å². The highest BCUT2D eigenvalue weighted by molar-refractivity contribution is 7.47. The first-order chi connectivity index (χ1) is 7.96. The molecule has 0 amide bonds. The van der Waals surface area contributed by atoms with E-state index in [1.807, 2.05) is 0 Å². The van der Waals surface area contributed by atoms with Crippen molar-refractivity contribution >= 4 is 7.60 Å². The minimum absolute atomic E-state index is 0.317. The fraction of sp³-hybridized carbons (Fsp3) is 0.273. The largest absolute Gasteiger partial charge is 0.810 e. The van der Waals surface area contributed by atoms with Crippen molar-refractivity contribution in [1.29, 1.82) is 0 Å². The number of rotatable bonds is 6. The van der Waals surface area contributed by atoms with Crippen LogP contribution in [-0.4, -0.2) is 13.7 Å². The van der Waals surface area contributed by atoms with Crippen LogP contribution in [0.3, 0.4) is 0 Å². The van der Waals surface area contributed by atoms with Gasteiger partial charge >= 0.3 is 0 Å². The van der Waals surface area contributed by atoms with Gasteiger partial charge in [0.1, 0.15) is 6.61 Å². The molecule has 0 unspecified atom stereocenters. The second-order valence-corrected chi connectivity index (χ2v) is 4.89. The summed E-state index contributed by atoms with van der Waals surface area (Å²) >= 11 is 0. The maximum absolute atomic E-state index is 10.6. The summed E-state index contributed by atoms with van der Waals surface area (Å²) < 4.78 is 21.0. The fourth-order valence-electron chi connectivity index (χ4n) is 1.30. The van der Waals surface area contributed by atoms with Gasteiger partial charge in [-0.1, -0.05) is 26.3 Å². The molecule has 0 atom stereocenters. The fourth-order valence-corrected chi connectivity index (χ4v) is 1.95. The smallest absolute Gasteiger partial charge is 0.161 e. The summed E-state index contributed by atoms with van der Waals surface area (Å²) in [7, 11) is -3.13. The number of benzene rings is 1. The first-order valence-corrected chi connectivity index (χ1v) is 6.61. The van der Waals surface area contributed by atoms with Crippen LogP contribution in [-0.2, 0) is 10.7 Å². The summed E-state index contributed by atoms with van der Waals surface area (Å²) in [5, 5.41) is 0. The Hall–Kier alpha value is -1.29. The van der Waals surface area contributed by atoms with Crippen LogP contribution in [0.15, 0.2) is 30.9 Å². The van der Waals surface area contributed by atoms with Gasteiger partial charge in [0.25, 0.3) is 0 Å². The predicted octanol–water partition coefficient (Wildman–Crippen LogP) is 0.674. The monoisotopic (exact) mass is 256 g/mol. The van der Waals surface area contributed by atoms with Crippen LogP contribution in [0, 0.1) is 0 Å². The molecule has 17 heavy (non-hydrogen) atoms. The highest BCUT2D eigenvalue weighted by Gasteiger charge is 2.06. The molecule has 94 valence electrons. The van der Waals surface area contributed by atoms with Crippen molar-refractivity contribution in [3.8, 4) is 11.5 Å². The van der Waals surface area contributed by atoms with Crippen LogP contribution in [0.1, 0.15) is 5.56 Å². The van der Waals surface area contributed by atoms with Gasteiger partial charge in [0.05, 0.1) is 7.11 Å². The number of hydrogen-bond donors (Lipinski definition) is 0. The van der Waals surface area contributed by atoms with E-state index in [0.29, 0.717) is 23.7 Å². The Labute approximate surface area is 99.8 Å². The van der Waals surface area contributed by atoms with E-state index in [2.05, 4.69) is 6.58 Å². The third-order valence-corrected chi connectivity index (χ3v) is 2.71. The zero-order chi connectivity index (χ0) is 12.9. The lowest BCUT2D eigenvalue weighted by molar-refractivity contribution is -0.314. The molecule has 5 nitrogen and oxygen atoms in total. The second kappa shape index (κ2) is 5.87. The Kier molecular flexibility index (Phi) is 4.75. The molecule has 0 aliphatic heterocycles. The predicted molar refractivity (Wildman–Crippen MR) is 60.0 cm³/mol. The van der Waals surface area contributed by atoms with Gasteiger partial charge in [-0.05, 0) is 17.7 Å². The Morgan fingerprint density at radius 1 is 1.41 bits per heavy atom. The minimum atomic E-state index is -4.57. The van der Waals surface area contributed by atoms with Crippen LogP contribution in [0.5, 0.6) is 11.5 Å². The van der Waals surface area contributed by atoms with Gasteiger partial charge in [-0.15, -0.1) is 0 Å². The van der Waals surface area contributed by atoms with E-state index < -0.39 is 13.8 Å². The average Bonchev–Trinajstić information content (AvgIpc) is 2.25.